The van der Waals surface area contributed by atoms with E-state index in [0.29, 0.717) is 18.1 Å². The summed E-state index contributed by atoms with van der Waals surface area (Å²) >= 11 is 0.851. The van der Waals surface area contributed by atoms with Gasteiger partial charge in [0.15, 0.2) is 0 Å². The molecule has 1 fully saturated rings. The number of nitrogens with one attached hydrogen (secondary N) is 1. The highest BCUT2D eigenvalue weighted by Crippen LogP contribution is 2.31. The van der Waals surface area contributed by atoms with E-state index >= 15 is 0 Å². The molecule has 0 aliphatic carbocycles. The van der Waals surface area contributed by atoms with Crippen LogP contribution in [0.25, 0.3) is 6.08 Å². The molecule has 1 N–H and O–H groups in total. The Morgan fingerprint density at radius 2 is 2.00 bits per heavy atom. The second-order valence-corrected chi connectivity index (χ2v) is 6.20. The third-order valence-electron chi connectivity index (χ3n) is 3.49. The summed E-state index contributed by atoms with van der Waals surface area (Å²) in [7, 11) is 1.53. The molecular formula is C17H20N2O4S. The highest BCUT2D eigenvalue weighted by atomic mass is 32.2. The maximum Gasteiger partial charge on any atom is 0.294 e. The van der Waals surface area contributed by atoms with E-state index in [2.05, 4.69) is 12.2 Å². The summed E-state index contributed by atoms with van der Waals surface area (Å²) in [5, 5.41) is 2.16. The molecule has 24 heavy (non-hydrogen) atoms. The zero-order valence-corrected chi connectivity index (χ0v) is 14.5. The summed E-state index contributed by atoms with van der Waals surface area (Å²) in [6, 6.07) is 7.78. The Hall–Kier alpha value is -2.12. The van der Waals surface area contributed by atoms with E-state index in [1.165, 1.54) is 12.7 Å². The number of nitrogens with zero attached hydrogens (tertiary/aromatic N) is 1. The van der Waals surface area contributed by atoms with Crippen molar-refractivity contribution in [1.29, 1.82) is 0 Å². The van der Waals surface area contributed by atoms with Crippen LogP contribution in [0.2, 0.25) is 0 Å². The number of hydrogen-bond donors (Lipinski definition) is 1. The summed E-state index contributed by atoms with van der Waals surface area (Å²) in [5.41, 5.74) is 2.05. The second kappa shape index (κ2) is 8.65. The standard InChI is InChI=1S/C17H20N2O4S/c1-3-12-4-6-13(7-5-12)10-14-16(21)19(17(22)24-14)11-15(20)18-8-9-23-2/h4-7,10H,3,8-9,11H2,1-2H3,(H,18,20)/b14-10-. The van der Waals surface area contributed by atoms with Gasteiger partial charge in [-0.1, -0.05) is 31.2 Å². The molecule has 0 saturated carbocycles. The minimum atomic E-state index is -0.438. The first-order valence-electron chi connectivity index (χ1n) is 7.65. The highest BCUT2D eigenvalue weighted by molar-refractivity contribution is 8.18. The Kier molecular flexibility index (Phi) is 6.57. The van der Waals surface area contributed by atoms with Gasteiger partial charge in [-0.15, -0.1) is 0 Å². The van der Waals surface area contributed by atoms with Gasteiger partial charge in [0, 0.05) is 13.7 Å². The Balaban J connectivity index is 2.02. The molecule has 6 nitrogen and oxygen atoms in total. The number of carbonyl (C=O) groups excluding carboxylic acids is 3. The topological polar surface area (TPSA) is 75.7 Å². The number of ether oxygens (including phenoxy) is 1. The van der Waals surface area contributed by atoms with Gasteiger partial charge in [0.2, 0.25) is 5.91 Å². The van der Waals surface area contributed by atoms with Gasteiger partial charge in [0.25, 0.3) is 11.1 Å². The first-order valence-corrected chi connectivity index (χ1v) is 8.46. The van der Waals surface area contributed by atoms with Crippen molar-refractivity contribution in [1.82, 2.24) is 10.2 Å². The summed E-state index contributed by atoms with van der Waals surface area (Å²) in [6.07, 6.45) is 2.61. The number of amides is 3. The van der Waals surface area contributed by atoms with Crippen LogP contribution in [0.5, 0.6) is 0 Å². The largest absolute Gasteiger partial charge is 0.383 e. The van der Waals surface area contributed by atoms with Crippen molar-refractivity contribution in [3.05, 3.63) is 40.3 Å². The number of aryl methyl sites for hydroxylation is 1. The molecule has 0 atom stereocenters. The van der Waals surface area contributed by atoms with E-state index < -0.39 is 11.1 Å². The predicted octanol–water partition coefficient (Wildman–Crippen LogP) is 2.05. The van der Waals surface area contributed by atoms with Crippen molar-refractivity contribution in [2.75, 3.05) is 26.8 Å². The third-order valence-corrected chi connectivity index (χ3v) is 4.40. The first-order chi connectivity index (χ1) is 11.5. The normalized spacial score (nSPS) is 16.1. The average Bonchev–Trinajstić information content (AvgIpc) is 2.83. The molecule has 1 aromatic rings. The van der Waals surface area contributed by atoms with Crippen molar-refractivity contribution in [3.8, 4) is 0 Å². The van der Waals surface area contributed by atoms with E-state index in [0.717, 1.165) is 28.6 Å². The maximum atomic E-state index is 12.3. The molecule has 2 rings (SSSR count). The summed E-state index contributed by atoms with van der Waals surface area (Å²) < 4.78 is 4.83. The van der Waals surface area contributed by atoms with Gasteiger partial charge in [-0.05, 0) is 35.4 Å². The molecule has 0 radical (unpaired) electrons. The van der Waals surface area contributed by atoms with Gasteiger partial charge in [-0.25, -0.2) is 0 Å². The van der Waals surface area contributed by atoms with E-state index in [1.54, 1.807) is 6.08 Å². The summed E-state index contributed by atoms with van der Waals surface area (Å²) in [6.45, 7) is 2.50. The molecule has 1 aliphatic rings. The van der Waals surface area contributed by atoms with Crippen LogP contribution >= 0.6 is 11.8 Å². The fraction of sp³-hybridized carbons (Fsp3) is 0.353. The predicted molar refractivity (Wildman–Crippen MR) is 93.4 cm³/mol. The van der Waals surface area contributed by atoms with Gasteiger partial charge in [0.1, 0.15) is 6.54 Å². The zero-order chi connectivity index (χ0) is 17.5. The lowest BCUT2D eigenvalue weighted by Crippen LogP contribution is -2.40. The molecule has 1 aliphatic heterocycles. The monoisotopic (exact) mass is 348 g/mol. The van der Waals surface area contributed by atoms with Crippen LogP contribution in [0.4, 0.5) is 4.79 Å². The first kappa shape index (κ1) is 18.2. The van der Waals surface area contributed by atoms with E-state index in [4.69, 9.17) is 4.74 Å². The van der Waals surface area contributed by atoms with Crippen molar-refractivity contribution in [2.45, 2.75) is 13.3 Å². The Morgan fingerprint density at radius 1 is 1.29 bits per heavy atom. The molecule has 0 aromatic heterocycles. The molecule has 3 amide bonds. The van der Waals surface area contributed by atoms with Crippen molar-refractivity contribution < 1.29 is 19.1 Å². The van der Waals surface area contributed by atoms with Crippen molar-refractivity contribution >= 4 is 34.9 Å². The number of methoxy groups -OCH3 is 1. The molecule has 0 bridgehead atoms. The molecule has 7 heteroatoms. The fourth-order valence-electron chi connectivity index (χ4n) is 2.13. The Bertz CT molecular complexity index is 655. The summed E-state index contributed by atoms with van der Waals surface area (Å²) in [5.74, 6) is -0.825. The molecule has 128 valence electrons. The zero-order valence-electron chi connectivity index (χ0n) is 13.7. The molecule has 1 saturated heterocycles. The van der Waals surface area contributed by atoms with Gasteiger partial charge >= 0.3 is 0 Å². The van der Waals surface area contributed by atoms with Gasteiger partial charge in [-0.3, -0.25) is 19.3 Å². The lowest BCUT2D eigenvalue weighted by atomic mass is 10.1. The van der Waals surface area contributed by atoms with Crippen molar-refractivity contribution in [3.63, 3.8) is 0 Å². The second-order valence-electron chi connectivity index (χ2n) is 5.21. The molecule has 0 unspecified atom stereocenters. The van der Waals surface area contributed by atoms with Crippen LogP contribution in [0, 0.1) is 0 Å². The molecule has 0 spiro atoms. The van der Waals surface area contributed by atoms with Crippen LogP contribution < -0.4 is 5.32 Å². The van der Waals surface area contributed by atoms with Crippen LogP contribution in [-0.4, -0.2) is 48.8 Å². The highest BCUT2D eigenvalue weighted by Gasteiger charge is 2.36. The van der Waals surface area contributed by atoms with E-state index in [1.807, 2.05) is 24.3 Å². The average molecular weight is 348 g/mol. The van der Waals surface area contributed by atoms with Gasteiger partial charge in [-0.2, -0.15) is 0 Å². The SMILES string of the molecule is CCc1ccc(/C=C2\SC(=O)N(CC(=O)NCCOC)C2=O)cc1. The maximum absolute atomic E-state index is 12.3. The lowest BCUT2D eigenvalue weighted by molar-refractivity contribution is -0.129. The molecular weight excluding hydrogens is 328 g/mol. The Morgan fingerprint density at radius 3 is 2.62 bits per heavy atom. The van der Waals surface area contributed by atoms with Crippen molar-refractivity contribution in [2.24, 2.45) is 0 Å². The van der Waals surface area contributed by atoms with Crippen LogP contribution in [0.1, 0.15) is 18.1 Å². The number of thioether (sulfide) groups is 1. The molecule has 1 aromatic carbocycles. The number of rotatable bonds is 7. The summed E-state index contributed by atoms with van der Waals surface area (Å²) in [4.78, 5) is 37.3. The lowest BCUT2D eigenvalue weighted by Gasteiger charge is -2.12. The van der Waals surface area contributed by atoms with Crippen LogP contribution in [0.15, 0.2) is 29.2 Å². The minimum Gasteiger partial charge on any atom is -0.383 e. The third kappa shape index (κ3) is 4.69. The number of benzene rings is 1. The van der Waals surface area contributed by atoms with Gasteiger partial charge in [0.05, 0.1) is 11.5 Å². The van der Waals surface area contributed by atoms with E-state index in [-0.39, 0.29) is 12.5 Å². The Labute approximate surface area is 145 Å². The molecule has 1 heterocycles. The fourth-order valence-corrected chi connectivity index (χ4v) is 2.97. The number of imide groups is 1. The minimum absolute atomic E-state index is 0.277. The van der Waals surface area contributed by atoms with Crippen LogP contribution in [0.3, 0.4) is 0 Å². The quantitative estimate of drug-likeness (QED) is 0.603. The van der Waals surface area contributed by atoms with Gasteiger partial charge < -0.3 is 10.1 Å². The van der Waals surface area contributed by atoms with Crippen LogP contribution in [-0.2, 0) is 20.7 Å². The number of carbonyl (C=O) groups is 3. The smallest absolute Gasteiger partial charge is 0.294 e. The number of hydrogen-bond acceptors (Lipinski definition) is 5. The van der Waals surface area contributed by atoms with E-state index in [9.17, 15) is 14.4 Å².